The monoisotopic (exact) mass is 367 g/mol. The second kappa shape index (κ2) is 7.18. The van der Waals surface area contributed by atoms with Gasteiger partial charge in [-0.05, 0) is 26.0 Å². The van der Waals surface area contributed by atoms with Gasteiger partial charge in [0, 0.05) is 12.6 Å². The molecule has 0 unspecified atom stereocenters. The number of hydrogen-bond acceptors (Lipinski definition) is 6. The van der Waals surface area contributed by atoms with Gasteiger partial charge in [-0.25, -0.2) is 0 Å². The molecule has 0 aromatic carbocycles. The van der Waals surface area contributed by atoms with Crippen LogP contribution in [0.25, 0.3) is 6.08 Å². The molecule has 7 nitrogen and oxygen atoms in total. The number of thioether (sulfide) groups is 1. The predicted octanol–water partition coefficient (Wildman–Crippen LogP) is 3.41. The Morgan fingerprint density at radius 3 is 2.79 bits per heavy atom. The van der Waals surface area contributed by atoms with E-state index in [1.807, 2.05) is 18.7 Å². The van der Waals surface area contributed by atoms with Gasteiger partial charge in [0.15, 0.2) is 6.21 Å². The molecule has 1 aliphatic heterocycles. The number of nitrogens with zero attached hydrogens (tertiary/aromatic N) is 3. The summed E-state index contributed by atoms with van der Waals surface area (Å²) in [6, 6.07) is 2.72. The summed E-state index contributed by atoms with van der Waals surface area (Å²) in [7, 11) is 0. The van der Waals surface area contributed by atoms with Gasteiger partial charge in [0.2, 0.25) is 0 Å². The molecule has 0 aliphatic carbocycles. The molecule has 24 heavy (non-hydrogen) atoms. The van der Waals surface area contributed by atoms with Crippen molar-refractivity contribution in [3.8, 4) is 0 Å². The Kier molecular flexibility index (Phi) is 5.45. The van der Waals surface area contributed by atoms with Gasteiger partial charge in [-0.3, -0.25) is 15.0 Å². The van der Waals surface area contributed by atoms with Gasteiger partial charge >= 0.3 is 5.88 Å². The lowest BCUT2D eigenvalue weighted by Crippen LogP contribution is -2.47. The highest BCUT2D eigenvalue weighted by Crippen LogP contribution is 2.41. The molecule has 1 aliphatic rings. The third-order valence-corrected chi connectivity index (χ3v) is 4.99. The first-order chi connectivity index (χ1) is 11.3. The van der Waals surface area contributed by atoms with Gasteiger partial charge in [-0.15, -0.1) is 6.58 Å². The fourth-order valence-corrected chi connectivity index (χ4v) is 4.30. The minimum absolute atomic E-state index is 0.296. The zero-order valence-electron chi connectivity index (χ0n) is 13.2. The van der Waals surface area contributed by atoms with E-state index in [9.17, 15) is 15.3 Å². The van der Waals surface area contributed by atoms with E-state index in [1.165, 1.54) is 42.3 Å². The van der Waals surface area contributed by atoms with Crippen molar-refractivity contribution < 1.29 is 14.1 Å². The standard InChI is InChI=1S/C15H17N3O4S2/c1-4-9-16-13(15(2,3)24-14(16)23)17(19)10-5-6-11-7-8-12(22-11)18(20)21/h4-8,10,13H,1,9H2,2-3H3/b6-5+,17-10-/t13-/m1/s1. The minimum Gasteiger partial charge on any atom is -0.622 e. The number of nitro groups is 1. The van der Waals surface area contributed by atoms with Crippen molar-refractivity contribution >= 4 is 46.5 Å². The van der Waals surface area contributed by atoms with Gasteiger partial charge in [0.1, 0.15) is 19.8 Å². The molecule has 0 amide bonds. The van der Waals surface area contributed by atoms with Gasteiger partial charge in [0.05, 0.1) is 6.07 Å². The lowest BCUT2D eigenvalue weighted by atomic mass is 10.1. The highest BCUT2D eigenvalue weighted by Gasteiger charge is 2.49. The summed E-state index contributed by atoms with van der Waals surface area (Å²) in [5.74, 6) is -0.0469. The summed E-state index contributed by atoms with van der Waals surface area (Å²) in [4.78, 5) is 11.8. The third-order valence-electron chi connectivity index (χ3n) is 3.35. The topological polar surface area (TPSA) is 85.6 Å². The predicted molar refractivity (Wildman–Crippen MR) is 99.0 cm³/mol. The average Bonchev–Trinajstić information content (AvgIpc) is 3.02. The molecule has 0 bridgehead atoms. The molecule has 1 fully saturated rings. The van der Waals surface area contributed by atoms with Crippen molar-refractivity contribution in [3.05, 3.63) is 51.9 Å². The quantitative estimate of drug-likeness (QED) is 0.145. The maximum Gasteiger partial charge on any atom is 0.433 e. The SMILES string of the molecule is C=CCN1C(=S)SC(C)(C)[C@H]1/[N+]([O-])=C/C=C/c1ccc([N+](=O)[O-])o1. The van der Waals surface area contributed by atoms with E-state index < -0.39 is 11.1 Å². The molecule has 2 heterocycles. The molecule has 9 heteroatoms. The molecule has 128 valence electrons. The minimum atomic E-state index is -0.618. The summed E-state index contributed by atoms with van der Waals surface area (Å²) in [6.07, 6.45) is 5.56. The van der Waals surface area contributed by atoms with Crippen LogP contribution >= 0.6 is 24.0 Å². The Bertz CT molecular complexity index is 724. The van der Waals surface area contributed by atoms with Crippen molar-refractivity contribution in [2.45, 2.75) is 24.8 Å². The molecule has 1 aromatic rings. The first-order valence-electron chi connectivity index (χ1n) is 7.08. The smallest absolute Gasteiger partial charge is 0.433 e. The van der Waals surface area contributed by atoms with Crippen molar-refractivity contribution in [1.29, 1.82) is 0 Å². The van der Waals surface area contributed by atoms with E-state index >= 15 is 0 Å². The number of thiocarbonyl (C=S) groups is 1. The van der Waals surface area contributed by atoms with Gasteiger partial charge in [0.25, 0.3) is 6.17 Å². The first-order valence-corrected chi connectivity index (χ1v) is 8.30. The molecular formula is C15H17N3O4S2. The molecule has 0 N–H and O–H groups in total. The van der Waals surface area contributed by atoms with E-state index in [-0.39, 0.29) is 10.6 Å². The molecule has 1 saturated heterocycles. The zero-order valence-corrected chi connectivity index (χ0v) is 14.9. The van der Waals surface area contributed by atoms with Crippen molar-refractivity contribution in [2.24, 2.45) is 0 Å². The molecule has 2 rings (SSSR count). The zero-order chi connectivity index (χ0) is 17.9. The van der Waals surface area contributed by atoms with E-state index in [1.54, 1.807) is 6.08 Å². The summed E-state index contributed by atoms with van der Waals surface area (Å²) in [5, 5.41) is 23.1. The Labute approximate surface area is 149 Å². The molecule has 0 radical (unpaired) electrons. The Morgan fingerprint density at radius 2 is 2.21 bits per heavy atom. The molecule has 0 saturated carbocycles. The first kappa shape index (κ1) is 18.2. The highest BCUT2D eigenvalue weighted by atomic mass is 32.2. The largest absolute Gasteiger partial charge is 0.622 e. The normalized spacial score (nSPS) is 20.8. The summed E-state index contributed by atoms with van der Waals surface area (Å²) in [6.45, 7) is 8.09. The third kappa shape index (κ3) is 3.85. The number of hydrogen-bond donors (Lipinski definition) is 0. The maximum absolute atomic E-state index is 12.5. The van der Waals surface area contributed by atoms with E-state index in [2.05, 4.69) is 6.58 Å². The summed E-state index contributed by atoms with van der Waals surface area (Å²) in [5.41, 5.74) is 0. The van der Waals surface area contributed by atoms with Crippen LogP contribution in [0.2, 0.25) is 0 Å². The fraction of sp³-hybridized carbons (Fsp3) is 0.333. The van der Waals surface area contributed by atoms with Crippen LogP contribution in [-0.4, -0.2) is 42.6 Å². The van der Waals surface area contributed by atoms with Crippen LogP contribution < -0.4 is 0 Å². The van der Waals surface area contributed by atoms with Crippen LogP contribution in [-0.2, 0) is 0 Å². The van der Waals surface area contributed by atoms with Crippen molar-refractivity contribution in [1.82, 2.24) is 4.90 Å². The Hall–Kier alpha value is -2.13. The van der Waals surface area contributed by atoms with Gasteiger partial charge in [-0.2, -0.15) is 4.74 Å². The Morgan fingerprint density at radius 1 is 1.50 bits per heavy atom. The second-order valence-electron chi connectivity index (χ2n) is 5.59. The lowest BCUT2D eigenvalue weighted by Gasteiger charge is -2.28. The van der Waals surface area contributed by atoms with Crippen LogP contribution in [0.15, 0.2) is 35.3 Å². The second-order valence-corrected chi connectivity index (χ2v) is 7.88. The van der Waals surface area contributed by atoms with E-state index in [4.69, 9.17) is 16.6 Å². The Balaban J connectivity index is 2.18. The van der Waals surface area contributed by atoms with E-state index in [0.29, 0.717) is 16.6 Å². The number of furan rings is 1. The summed E-state index contributed by atoms with van der Waals surface area (Å²) >= 11 is 6.81. The maximum atomic E-state index is 12.5. The molecule has 1 aromatic heterocycles. The van der Waals surface area contributed by atoms with Crippen LogP contribution in [0.1, 0.15) is 19.6 Å². The van der Waals surface area contributed by atoms with Crippen LogP contribution in [0.3, 0.4) is 0 Å². The fourth-order valence-electron chi connectivity index (χ4n) is 2.40. The number of allylic oxidation sites excluding steroid dienone is 1. The van der Waals surface area contributed by atoms with Crippen LogP contribution in [0, 0.1) is 15.3 Å². The highest BCUT2D eigenvalue weighted by molar-refractivity contribution is 8.24. The van der Waals surface area contributed by atoms with E-state index in [0.717, 1.165) is 4.74 Å². The molecule has 1 atom stereocenters. The van der Waals surface area contributed by atoms with Crippen molar-refractivity contribution in [2.75, 3.05) is 6.54 Å². The average molecular weight is 367 g/mol. The van der Waals surface area contributed by atoms with Crippen molar-refractivity contribution in [3.63, 3.8) is 0 Å². The van der Waals surface area contributed by atoms with Gasteiger partial charge < -0.3 is 9.62 Å². The van der Waals surface area contributed by atoms with Gasteiger partial charge in [-0.1, -0.05) is 30.1 Å². The summed E-state index contributed by atoms with van der Waals surface area (Å²) < 4.78 is 6.10. The number of rotatable bonds is 6. The number of hydroxylamine groups is 1. The molecular weight excluding hydrogens is 350 g/mol. The lowest BCUT2D eigenvalue weighted by molar-refractivity contribution is -0.522. The van der Waals surface area contributed by atoms with Crippen LogP contribution in [0.5, 0.6) is 0 Å². The molecule has 0 spiro atoms. The van der Waals surface area contributed by atoms with Crippen LogP contribution in [0.4, 0.5) is 5.88 Å².